The van der Waals surface area contributed by atoms with E-state index < -0.39 is 12.0 Å². The average molecular weight is 380 g/mol. The molecule has 144 valence electrons. The fourth-order valence-electron chi connectivity index (χ4n) is 4.02. The van der Waals surface area contributed by atoms with Crippen LogP contribution in [-0.4, -0.2) is 39.5 Å². The first-order chi connectivity index (χ1) is 13.5. The van der Waals surface area contributed by atoms with E-state index in [0.717, 1.165) is 34.1 Å². The Kier molecular flexibility index (Phi) is 4.86. The summed E-state index contributed by atoms with van der Waals surface area (Å²) >= 11 is 0. The van der Waals surface area contributed by atoms with Crippen molar-refractivity contribution in [2.45, 2.75) is 31.7 Å². The van der Waals surface area contributed by atoms with E-state index in [2.05, 4.69) is 4.98 Å². The molecule has 1 aliphatic rings. The first kappa shape index (κ1) is 18.2. The number of para-hydroxylation sites is 1. The zero-order valence-electron chi connectivity index (χ0n) is 15.3. The lowest BCUT2D eigenvalue weighted by Gasteiger charge is -2.21. The Balaban J connectivity index is 1.62. The number of likely N-dealkylation sites (tertiary alicyclic amines) is 1. The number of halogens is 1. The Bertz CT molecular complexity index is 1030. The molecule has 1 saturated heterocycles. The molecule has 4 rings (SSSR count). The van der Waals surface area contributed by atoms with Crippen LogP contribution in [0.2, 0.25) is 0 Å². The Morgan fingerprint density at radius 1 is 1.14 bits per heavy atom. The van der Waals surface area contributed by atoms with E-state index >= 15 is 0 Å². The molecule has 1 fully saturated rings. The van der Waals surface area contributed by atoms with Gasteiger partial charge in [0.25, 0.3) is 0 Å². The van der Waals surface area contributed by atoms with Gasteiger partial charge in [-0.15, -0.1) is 0 Å². The number of carbonyl (C=O) groups excluding carboxylic acids is 1. The predicted molar refractivity (Wildman–Crippen MR) is 104 cm³/mol. The van der Waals surface area contributed by atoms with Crippen LogP contribution in [0.25, 0.3) is 22.2 Å². The minimum Gasteiger partial charge on any atom is -0.480 e. The number of fused-ring (bicyclic) bond motifs is 1. The molecule has 1 aromatic heterocycles. The number of carbonyl (C=O) groups is 2. The average Bonchev–Trinajstić information content (AvgIpc) is 3.32. The second-order valence-electron chi connectivity index (χ2n) is 7.11. The summed E-state index contributed by atoms with van der Waals surface area (Å²) in [6, 6.07) is 13.4. The van der Waals surface area contributed by atoms with Crippen LogP contribution in [-0.2, 0) is 16.0 Å². The monoisotopic (exact) mass is 380 g/mol. The van der Waals surface area contributed by atoms with Crippen molar-refractivity contribution in [3.8, 4) is 11.3 Å². The number of carboxylic acid groups (broad SMARTS) is 1. The normalized spacial score (nSPS) is 16.6. The minimum absolute atomic E-state index is 0.139. The summed E-state index contributed by atoms with van der Waals surface area (Å²) in [6.45, 7) is 0.495. The second kappa shape index (κ2) is 7.46. The van der Waals surface area contributed by atoms with Crippen LogP contribution in [0.5, 0.6) is 0 Å². The van der Waals surface area contributed by atoms with Crippen molar-refractivity contribution < 1.29 is 19.1 Å². The second-order valence-corrected chi connectivity index (χ2v) is 7.11. The third kappa shape index (κ3) is 3.38. The number of aryl methyl sites for hydroxylation is 1. The number of hydrogen-bond donors (Lipinski definition) is 2. The Hall–Kier alpha value is -3.15. The summed E-state index contributed by atoms with van der Waals surface area (Å²) in [5.41, 5.74) is 3.66. The molecule has 0 bridgehead atoms. The quantitative estimate of drug-likeness (QED) is 0.703. The molecule has 1 atom stereocenters. The van der Waals surface area contributed by atoms with Gasteiger partial charge in [-0.2, -0.15) is 0 Å². The van der Waals surface area contributed by atoms with E-state index in [-0.39, 0.29) is 18.1 Å². The van der Waals surface area contributed by atoms with Gasteiger partial charge < -0.3 is 15.0 Å². The largest absolute Gasteiger partial charge is 0.480 e. The van der Waals surface area contributed by atoms with Gasteiger partial charge in [0.15, 0.2) is 0 Å². The minimum atomic E-state index is -0.940. The highest BCUT2D eigenvalue weighted by Crippen LogP contribution is 2.32. The van der Waals surface area contributed by atoms with Crippen molar-refractivity contribution in [1.29, 1.82) is 0 Å². The molecular formula is C22H21FN2O3. The maximum atomic E-state index is 13.3. The number of nitrogens with zero attached hydrogens (tertiary/aromatic N) is 1. The molecule has 0 aliphatic carbocycles. The summed E-state index contributed by atoms with van der Waals surface area (Å²) in [4.78, 5) is 28.9. The fourth-order valence-corrected chi connectivity index (χ4v) is 4.02. The lowest BCUT2D eigenvalue weighted by molar-refractivity contribution is -0.148. The van der Waals surface area contributed by atoms with Crippen LogP contribution in [0.15, 0.2) is 48.5 Å². The molecular weight excluding hydrogens is 359 g/mol. The van der Waals surface area contributed by atoms with Crippen molar-refractivity contribution >= 4 is 22.8 Å². The van der Waals surface area contributed by atoms with E-state index in [0.29, 0.717) is 19.4 Å². The molecule has 0 spiro atoms. The smallest absolute Gasteiger partial charge is 0.326 e. The van der Waals surface area contributed by atoms with E-state index in [1.165, 1.54) is 17.0 Å². The molecule has 1 unspecified atom stereocenters. The number of H-pyrrole nitrogens is 1. The number of carboxylic acids is 1. The van der Waals surface area contributed by atoms with Crippen molar-refractivity contribution in [1.82, 2.24) is 9.88 Å². The molecule has 6 heteroatoms. The van der Waals surface area contributed by atoms with Crippen LogP contribution in [0.3, 0.4) is 0 Å². The Labute approximate surface area is 161 Å². The number of nitrogens with one attached hydrogen (secondary N) is 1. The number of benzene rings is 2. The summed E-state index contributed by atoms with van der Waals surface area (Å²) in [6.07, 6.45) is 1.95. The molecule has 2 N–H and O–H groups in total. The molecule has 28 heavy (non-hydrogen) atoms. The number of rotatable bonds is 5. The van der Waals surface area contributed by atoms with Gasteiger partial charge in [-0.25, -0.2) is 9.18 Å². The molecule has 1 aliphatic heterocycles. The number of amides is 1. The van der Waals surface area contributed by atoms with Crippen molar-refractivity contribution in [2.75, 3.05) is 6.54 Å². The van der Waals surface area contributed by atoms with Gasteiger partial charge in [-0.3, -0.25) is 4.79 Å². The van der Waals surface area contributed by atoms with Crippen molar-refractivity contribution in [3.63, 3.8) is 0 Å². The van der Waals surface area contributed by atoms with Crippen LogP contribution in [0.1, 0.15) is 24.8 Å². The zero-order chi connectivity index (χ0) is 19.7. The highest BCUT2D eigenvalue weighted by atomic mass is 19.1. The lowest BCUT2D eigenvalue weighted by Crippen LogP contribution is -2.40. The SMILES string of the molecule is O=C(O)C1CCCN1C(=O)CCc1c(-c2ccc(F)cc2)[nH]c2ccccc12. The van der Waals surface area contributed by atoms with Gasteiger partial charge in [0.2, 0.25) is 5.91 Å². The van der Waals surface area contributed by atoms with E-state index in [1.54, 1.807) is 12.1 Å². The number of aromatic amines is 1. The standard InChI is InChI=1S/C22H21FN2O3/c23-15-9-7-14(8-10-15)21-17(16-4-1-2-5-18(16)24-21)11-12-20(26)25-13-3-6-19(25)22(27)28/h1-2,4-5,7-10,19,24H,3,6,11-13H2,(H,27,28). The van der Waals surface area contributed by atoms with Gasteiger partial charge in [-0.1, -0.05) is 18.2 Å². The van der Waals surface area contributed by atoms with Gasteiger partial charge in [0.05, 0.1) is 0 Å². The van der Waals surface area contributed by atoms with Gasteiger partial charge >= 0.3 is 5.97 Å². The van der Waals surface area contributed by atoms with Crippen molar-refractivity contribution in [3.05, 3.63) is 59.9 Å². The summed E-state index contributed by atoms with van der Waals surface area (Å²) in [5, 5.41) is 10.3. The number of aliphatic carboxylic acids is 1. The highest BCUT2D eigenvalue weighted by molar-refractivity contribution is 5.91. The maximum Gasteiger partial charge on any atom is 0.326 e. The first-order valence-corrected chi connectivity index (χ1v) is 9.42. The number of hydrogen-bond acceptors (Lipinski definition) is 2. The Morgan fingerprint density at radius 3 is 2.64 bits per heavy atom. The molecule has 0 saturated carbocycles. The van der Waals surface area contributed by atoms with Gasteiger partial charge in [0.1, 0.15) is 11.9 Å². The van der Waals surface area contributed by atoms with E-state index in [1.807, 2.05) is 24.3 Å². The van der Waals surface area contributed by atoms with Crippen LogP contribution in [0.4, 0.5) is 4.39 Å². The summed E-state index contributed by atoms with van der Waals surface area (Å²) in [5.74, 6) is -1.38. The molecule has 3 aromatic rings. The number of aromatic nitrogens is 1. The molecule has 2 heterocycles. The molecule has 2 aromatic carbocycles. The molecule has 5 nitrogen and oxygen atoms in total. The zero-order valence-corrected chi connectivity index (χ0v) is 15.3. The summed E-state index contributed by atoms with van der Waals surface area (Å²) in [7, 11) is 0. The van der Waals surface area contributed by atoms with Gasteiger partial charge in [-0.05, 0) is 60.7 Å². The van der Waals surface area contributed by atoms with Crippen LogP contribution >= 0.6 is 0 Å². The van der Waals surface area contributed by atoms with Gasteiger partial charge in [0, 0.05) is 29.6 Å². The van der Waals surface area contributed by atoms with E-state index in [9.17, 15) is 19.1 Å². The Morgan fingerprint density at radius 2 is 1.89 bits per heavy atom. The molecule has 0 radical (unpaired) electrons. The fraction of sp³-hybridized carbons (Fsp3) is 0.273. The van der Waals surface area contributed by atoms with Crippen LogP contribution in [0, 0.1) is 5.82 Å². The predicted octanol–water partition coefficient (Wildman–Crippen LogP) is 3.98. The highest BCUT2D eigenvalue weighted by Gasteiger charge is 2.33. The molecule has 1 amide bonds. The topological polar surface area (TPSA) is 73.4 Å². The third-order valence-electron chi connectivity index (χ3n) is 5.39. The third-order valence-corrected chi connectivity index (χ3v) is 5.39. The van der Waals surface area contributed by atoms with Crippen LogP contribution < -0.4 is 0 Å². The maximum absolute atomic E-state index is 13.3. The first-order valence-electron chi connectivity index (χ1n) is 9.42. The lowest BCUT2D eigenvalue weighted by atomic mass is 10.0. The van der Waals surface area contributed by atoms with Crippen molar-refractivity contribution in [2.24, 2.45) is 0 Å². The van der Waals surface area contributed by atoms with E-state index in [4.69, 9.17) is 0 Å². The summed E-state index contributed by atoms with van der Waals surface area (Å²) < 4.78 is 13.3.